The monoisotopic (exact) mass is 411 g/mol. The lowest BCUT2D eigenvalue weighted by atomic mass is 10.0. The largest absolute Gasteiger partial charge is 0.355 e. The molecule has 2 aromatic rings. The molecule has 0 saturated carbocycles. The molecule has 1 aromatic carbocycles. The lowest BCUT2D eigenvalue weighted by Crippen LogP contribution is -2.56. The van der Waals surface area contributed by atoms with Crippen molar-refractivity contribution in [3.05, 3.63) is 42.1 Å². The average molecular weight is 412 g/mol. The van der Waals surface area contributed by atoms with Gasteiger partial charge in [-0.15, -0.1) is 0 Å². The van der Waals surface area contributed by atoms with Gasteiger partial charge in [-0.3, -0.25) is 14.5 Å². The topological polar surface area (TPSA) is 81.9 Å². The number of piperidine rings is 1. The van der Waals surface area contributed by atoms with Gasteiger partial charge in [0.2, 0.25) is 5.91 Å². The van der Waals surface area contributed by atoms with Gasteiger partial charge in [-0.1, -0.05) is 35.5 Å². The highest BCUT2D eigenvalue weighted by Gasteiger charge is 2.28. The minimum Gasteiger partial charge on any atom is -0.355 e. The van der Waals surface area contributed by atoms with Gasteiger partial charge in [-0.2, -0.15) is 0 Å². The van der Waals surface area contributed by atoms with E-state index in [4.69, 9.17) is 4.52 Å². The summed E-state index contributed by atoms with van der Waals surface area (Å²) >= 11 is 0. The number of likely N-dealkylation sites (tertiary alicyclic amines) is 1. The fourth-order valence-corrected chi connectivity index (χ4v) is 4.25. The number of aromatic nitrogens is 1. The van der Waals surface area contributed by atoms with E-state index in [1.807, 2.05) is 35.2 Å². The van der Waals surface area contributed by atoms with Crippen LogP contribution in [0.3, 0.4) is 0 Å². The van der Waals surface area contributed by atoms with E-state index in [-0.39, 0.29) is 18.1 Å². The number of nitrogens with one attached hydrogen (secondary N) is 1. The van der Waals surface area contributed by atoms with Crippen LogP contribution >= 0.6 is 0 Å². The maximum atomic E-state index is 12.5. The predicted molar refractivity (Wildman–Crippen MR) is 113 cm³/mol. The predicted octanol–water partition coefficient (Wildman–Crippen LogP) is 1.31. The van der Waals surface area contributed by atoms with Crippen LogP contribution in [0.1, 0.15) is 23.3 Å². The number of hydrogen-bond donors (Lipinski definition) is 1. The molecule has 8 nitrogen and oxygen atoms in total. The van der Waals surface area contributed by atoms with E-state index in [2.05, 4.69) is 27.3 Å². The third-order valence-electron chi connectivity index (χ3n) is 5.98. The maximum Gasteiger partial charge on any atom is 0.273 e. The van der Waals surface area contributed by atoms with E-state index in [0.717, 1.165) is 25.2 Å². The van der Waals surface area contributed by atoms with Crippen LogP contribution in [0.15, 0.2) is 40.9 Å². The molecule has 2 aliphatic heterocycles. The number of amides is 2. The Hall–Kier alpha value is -2.71. The molecule has 8 heteroatoms. The van der Waals surface area contributed by atoms with Gasteiger partial charge >= 0.3 is 0 Å². The first-order chi connectivity index (χ1) is 14.6. The Morgan fingerprint density at radius 1 is 1.13 bits per heavy atom. The highest BCUT2D eigenvalue weighted by atomic mass is 16.5. The Balaban J connectivity index is 1.23. The number of nitrogens with zero attached hydrogens (tertiary/aromatic N) is 4. The first-order valence-corrected chi connectivity index (χ1v) is 10.6. The minimum atomic E-state index is -0.404. The Kier molecular flexibility index (Phi) is 6.44. The van der Waals surface area contributed by atoms with Crippen LogP contribution in [0.2, 0.25) is 0 Å². The molecule has 0 bridgehead atoms. The summed E-state index contributed by atoms with van der Waals surface area (Å²) in [5.41, 5.74) is 1.02. The van der Waals surface area contributed by atoms with E-state index < -0.39 is 5.91 Å². The Morgan fingerprint density at radius 2 is 1.90 bits per heavy atom. The molecule has 1 atom stereocenters. The van der Waals surface area contributed by atoms with Crippen molar-refractivity contribution in [1.82, 2.24) is 25.2 Å². The summed E-state index contributed by atoms with van der Waals surface area (Å²) in [6.45, 7) is 5.44. The highest BCUT2D eigenvalue weighted by molar-refractivity contribution is 5.95. The molecule has 1 unspecified atom stereocenters. The normalized spacial score (nSPS) is 20.8. The standard InChI is InChI=1S/C22H29N5O3/c1-25-9-5-8-18(16-25)26-10-12-27(13-11-26)21(28)15-23-22(29)19-14-20(30-24-19)17-6-3-2-4-7-17/h2-4,6-7,14,18H,5,8-13,15-16H2,1H3,(H,23,29). The molecule has 1 N–H and O–H groups in total. The molecular weight excluding hydrogens is 382 g/mol. The van der Waals surface area contributed by atoms with Crippen molar-refractivity contribution in [2.24, 2.45) is 0 Å². The summed E-state index contributed by atoms with van der Waals surface area (Å²) in [6, 6.07) is 11.6. The van der Waals surface area contributed by atoms with Crippen molar-refractivity contribution in [2.45, 2.75) is 18.9 Å². The summed E-state index contributed by atoms with van der Waals surface area (Å²) in [7, 11) is 2.17. The molecule has 2 aliphatic rings. The average Bonchev–Trinajstić information content (AvgIpc) is 3.28. The number of benzene rings is 1. The molecule has 0 spiro atoms. The molecule has 2 fully saturated rings. The summed E-state index contributed by atoms with van der Waals surface area (Å²) in [5.74, 6) is 0.0604. The summed E-state index contributed by atoms with van der Waals surface area (Å²) in [5, 5.41) is 6.50. The second-order valence-electron chi connectivity index (χ2n) is 8.10. The van der Waals surface area contributed by atoms with Crippen LogP contribution in [-0.4, -0.2) is 90.6 Å². The highest BCUT2D eigenvalue weighted by Crippen LogP contribution is 2.20. The number of rotatable bonds is 5. The van der Waals surface area contributed by atoms with E-state index in [1.165, 1.54) is 19.4 Å². The summed E-state index contributed by atoms with van der Waals surface area (Å²) < 4.78 is 5.26. The molecule has 2 amide bonds. The summed E-state index contributed by atoms with van der Waals surface area (Å²) in [4.78, 5) is 31.6. The molecule has 30 heavy (non-hydrogen) atoms. The number of carbonyl (C=O) groups is 2. The molecule has 0 radical (unpaired) electrons. The quantitative estimate of drug-likeness (QED) is 0.799. The third-order valence-corrected chi connectivity index (χ3v) is 5.98. The fraction of sp³-hybridized carbons (Fsp3) is 0.500. The fourth-order valence-electron chi connectivity index (χ4n) is 4.25. The van der Waals surface area contributed by atoms with Crippen LogP contribution in [0.4, 0.5) is 0 Å². The zero-order valence-corrected chi connectivity index (χ0v) is 17.4. The van der Waals surface area contributed by atoms with Gasteiger partial charge in [0.05, 0.1) is 6.54 Å². The molecule has 160 valence electrons. The van der Waals surface area contributed by atoms with Crippen LogP contribution in [-0.2, 0) is 4.79 Å². The zero-order chi connectivity index (χ0) is 20.9. The van der Waals surface area contributed by atoms with Gasteiger partial charge in [0, 0.05) is 50.4 Å². The van der Waals surface area contributed by atoms with Crippen molar-refractivity contribution in [3.63, 3.8) is 0 Å². The number of carbonyl (C=O) groups excluding carboxylic acids is 2. The van der Waals surface area contributed by atoms with Crippen molar-refractivity contribution in [3.8, 4) is 11.3 Å². The Morgan fingerprint density at radius 3 is 2.63 bits per heavy atom. The molecule has 0 aliphatic carbocycles. The molecule has 3 heterocycles. The molecule has 1 aromatic heterocycles. The number of piperazine rings is 1. The molecule has 4 rings (SSSR count). The van der Waals surface area contributed by atoms with Crippen molar-refractivity contribution in [1.29, 1.82) is 0 Å². The smallest absolute Gasteiger partial charge is 0.273 e. The summed E-state index contributed by atoms with van der Waals surface area (Å²) in [6.07, 6.45) is 2.47. The number of hydrogen-bond acceptors (Lipinski definition) is 6. The second-order valence-corrected chi connectivity index (χ2v) is 8.10. The Labute approximate surface area is 176 Å². The maximum absolute atomic E-state index is 12.5. The van der Waals surface area contributed by atoms with Gasteiger partial charge in [-0.25, -0.2) is 0 Å². The van der Waals surface area contributed by atoms with E-state index >= 15 is 0 Å². The lowest BCUT2D eigenvalue weighted by molar-refractivity contribution is -0.132. The molecular formula is C22H29N5O3. The lowest BCUT2D eigenvalue weighted by Gasteiger charge is -2.42. The third kappa shape index (κ3) is 4.88. The van der Waals surface area contributed by atoms with Gasteiger partial charge in [0.1, 0.15) is 0 Å². The van der Waals surface area contributed by atoms with Gasteiger partial charge < -0.3 is 19.6 Å². The van der Waals surface area contributed by atoms with Crippen molar-refractivity contribution >= 4 is 11.8 Å². The van der Waals surface area contributed by atoms with Gasteiger partial charge in [0.15, 0.2) is 11.5 Å². The van der Waals surface area contributed by atoms with Crippen LogP contribution in [0.5, 0.6) is 0 Å². The SMILES string of the molecule is CN1CCCC(N2CCN(C(=O)CNC(=O)c3cc(-c4ccccc4)on3)CC2)C1. The van der Waals surface area contributed by atoms with E-state index in [0.29, 0.717) is 24.9 Å². The van der Waals surface area contributed by atoms with Crippen LogP contribution in [0, 0.1) is 0 Å². The molecule has 2 saturated heterocycles. The van der Waals surface area contributed by atoms with Gasteiger partial charge in [0.25, 0.3) is 5.91 Å². The van der Waals surface area contributed by atoms with Gasteiger partial charge in [-0.05, 0) is 26.4 Å². The van der Waals surface area contributed by atoms with Crippen LogP contribution < -0.4 is 5.32 Å². The Bertz CT molecular complexity index is 861. The second kappa shape index (κ2) is 9.40. The minimum absolute atomic E-state index is 0.0292. The van der Waals surface area contributed by atoms with Crippen LogP contribution in [0.25, 0.3) is 11.3 Å². The van der Waals surface area contributed by atoms with Crippen molar-refractivity contribution in [2.75, 3.05) is 52.9 Å². The zero-order valence-electron chi connectivity index (χ0n) is 17.4. The van der Waals surface area contributed by atoms with E-state index in [9.17, 15) is 9.59 Å². The number of likely N-dealkylation sites (N-methyl/N-ethyl adjacent to an activating group) is 1. The van der Waals surface area contributed by atoms with E-state index in [1.54, 1.807) is 6.07 Å². The first kappa shape index (κ1) is 20.6. The first-order valence-electron chi connectivity index (χ1n) is 10.6. The van der Waals surface area contributed by atoms with Crippen molar-refractivity contribution < 1.29 is 14.1 Å².